The molecule has 1 saturated heterocycles. The van der Waals surface area contributed by atoms with Crippen molar-refractivity contribution in [1.29, 1.82) is 0 Å². The van der Waals surface area contributed by atoms with Crippen molar-refractivity contribution in [2.45, 2.75) is 69.9 Å². The van der Waals surface area contributed by atoms with E-state index < -0.39 is 12.1 Å². The minimum Gasteiger partial charge on any atom is -0.497 e. The van der Waals surface area contributed by atoms with E-state index in [0.717, 1.165) is 53.4 Å². The Labute approximate surface area is 202 Å². The molecular formula is C28H38N2O4. The number of piperidine rings is 1. The zero-order chi connectivity index (χ0) is 23.7. The Balaban J connectivity index is 1.19. The quantitative estimate of drug-likeness (QED) is 0.567. The summed E-state index contributed by atoms with van der Waals surface area (Å²) < 4.78 is 5.35. The molecule has 1 aromatic carbocycles. The summed E-state index contributed by atoms with van der Waals surface area (Å²) in [6.07, 6.45) is 11.4. The van der Waals surface area contributed by atoms with Gasteiger partial charge in [0.25, 0.3) is 0 Å². The second kappa shape index (κ2) is 10.2. The molecule has 2 heterocycles. The molecule has 1 aliphatic heterocycles. The minimum atomic E-state index is -0.685. The van der Waals surface area contributed by atoms with Gasteiger partial charge in [-0.3, -0.25) is 14.7 Å². The van der Waals surface area contributed by atoms with Crippen molar-refractivity contribution in [2.75, 3.05) is 20.2 Å². The number of ether oxygens (including phenoxy) is 1. The van der Waals surface area contributed by atoms with Gasteiger partial charge in [-0.2, -0.15) is 0 Å². The van der Waals surface area contributed by atoms with Gasteiger partial charge < -0.3 is 14.9 Å². The van der Waals surface area contributed by atoms with E-state index in [1.165, 1.54) is 38.5 Å². The van der Waals surface area contributed by atoms with Gasteiger partial charge in [0.15, 0.2) is 0 Å². The van der Waals surface area contributed by atoms with Crippen LogP contribution >= 0.6 is 0 Å². The number of aliphatic carboxylic acids is 1. The molecule has 1 aromatic heterocycles. The number of aliphatic hydroxyl groups is 1. The summed E-state index contributed by atoms with van der Waals surface area (Å²) in [7, 11) is 1.63. The molecular weight excluding hydrogens is 428 g/mol. The monoisotopic (exact) mass is 466 g/mol. The minimum absolute atomic E-state index is 0.108. The van der Waals surface area contributed by atoms with Gasteiger partial charge in [0, 0.05) is 24.2 Å². The highest BCUT2D eigenvalue weighted by atomic mass is 16.5. The molecule has 2 saturated carbocycles. The third-order valence-corrected chi connectivity index (χ3v) is 8.99. The zero-order valence-corrected chi connectivity index (χ0v) is 20.2. The molecule has 0 amide bonds. The van der Waals surface area contributed by atoms with Crippen molar-refractivity contribution in [2.24, 2.45) is 23.7 Å². The number of hydrogen-bond acceptors (Lipinski definition) is 5. The smallest absolute Gasteiger partial charge is 0.308 e. The molecule has 0 bridgehead atoms. The van der Waals surface area contributed by atoms with Crippen LogP contribution in [0, 0.1) is 23.7 Å². The fourth-order valence-corrected chi connectivity index (χ4v) is 6.82. The summed E-state index contributed by atoms with van der Waals surface area (Å²) in [6.45, 7) is 1.65. The van der Waals surface area contributed by atoms with Gasteiger partial charge >= 0.3 is 5.97 Å². The van der Waals surface area contributed by atoms with E-state index in [4.69, 9.17) is 4.74 Å². The average Bonchev–Trinajstić information content (AvgIpc) is 3.35. The van der Waals surface area contributed by atoms with E-state index in [1.807, 2.05) is 24.3 Å². The van der Waals surface area contributed by atoms with Crippen molar-refractivity contribution in [3.8, 4) is 5.75 Å². The molecule has 6 heteroatoms. The van der Waals surface area contributed by atoms with Gasteiger partial charge in [0.1, 0.15) is 5.75 Å². The highest BCUT2D eigenvalue weighted by Gasteiger charge is 2.43. The first-order valence-electron chi connectivity index (χ1n) is 13.1. The molecule has 184 valence electrons. The maximum Gasteiger partial charge on any atom is 0.308 e. The number of rotatable bonds is 8. The molecule has 2 aromatic rings. The third kappa shape index (κ3) is 4.80. The summed E-state index contributed by atoms with van der Waals surface area (Å²) >= 11 is 0. The SMILES string of the molecule is COc1ccc2nccc([C@H](O)CC[C@@H]3CCN(C4CC(C5CCCC5)C4)C[C@@H]3C(=O)O)c2c1. The highest BCUT2D eigenvalue weighted by molar-refractivity contribution is 5.83. The second-order valence-electron chi connectivity index (χ2n) is 10.8. The van der Waals surface area contributed by atoms with Gasteiger partial charge in [-0.15, -0.1) is 0 Å². The Morgan fingerprint density at radius 3 is 2.71 bits per heavy atom. The standard InChI is InChI=1S/C28H38N2O4/c1-34-22-7-8-26-24(16-22)23(10-12-29-26)27(31)9-6-19-11-13-30(17-25(19)28(32)33)21-14-20(15-21)18-4-2-3-5-18/h7-8,10,12,16,18-21,25,27,31H,2-6,9,11,13-15,17H2,1H3,(H,32,33)/t19-,20?,21?,25+,27-/m1/s1. The molecule has 3 aliphatic rings. The predicted octanol–water partition coefficient (Wildman–Crippen LogP) is 5.05. The summed E-state index contributed by atoms with van der Waals surface area (Å²) in [5.41, 5.74) is 1.66. The molecule has 0 unspecified atom stereocenters. The number of hydrogen-bond donors (Lipinski definition) is 2. The van der Waals surface area contributed by atoms with Crippen molar-refractivity contribution in [3.05, 3.63) is 36.0 Å². The fourth-order valence-electron chi connectivity index (χ4n) is 6.82. The topological polar surface area (TPSA) is 82.9 Å². The maximum absolute atomic E-state index is 12.2. The van der Waals surface area contributed by atoms with E-state index in [-0.39, 0.29) is 11.8 Å². The lowest BCUT2D eigenvalue weighted by Gasteiger charge is -2.49. The molecule has 34 heavy (non-hydrogen) atoms. The molecule has 0 radical (unpaired) electrons. The molecule has 3 fully saturated rings. The number of carboxylic acids is 1. The van der Waals surface area contributed by atoms with Crippen molar-refractivity contribution in [3.63, 3.8) is 0 Å². The predicted molar refractivity (Wildman–Crippen MR) is 132 cm³/mol. The van der Waals surface area contributed by atoms with E-state index in [0.29, 0.717) is 19.0 Å². The number of aliphatic hydroxyl groups excluding tert-OH is 1. The Kier molecular flexibility index (Phi) is 7.07. The molecule has 2 N–H and O–H groups in total. The van der Waals surface area contributed by atoms with Crippen LogP contribution in [0.1, 0.15) is 69.5 Å². The van der Waals surface area contributed by atoms with Crippen molar-refractivity contribution >= 4 is 16.9 Å². The van der Waals surface area contributed by atoms with Crippen LogP contribution in [0.2, 0.25) is 0 Å². The first kappa shape index (κ1) is 23.6. The molecule has 0 spiro atoms. The second-order valence-corrected chi connectivity index (χ2v) is 10.8. The van der Waals surface area contributed by atoms with Crippen molar-refractivity contribution < 1.29 is 19.7 Å². The maximum atomic E-state index is 12.2. The lowest BCUT2D eigenvalue weighted by atomic mass is 9.70. The fraction of sp³-hybridized carbons (Fsp3) is 0.643. The van der Waals surface area contributed by atoms with Crippen LogP contribution < -0.4 is 4.74 Å². The summed E-state index contributed by atoms with van der Waals surface area (Å²) in [5, 5.41) is 21.9. The van der Waals surface area contributed by atoms with Crippen LogP contribution in [0.15, 0.2) is 30.5 Å². The first-order valence-corrected chi connectivity index (χ1v) is 13.1. The lowest BCUT2D eigenvalue weighted by molar-refractivity contribution is -0.147. The number of carboxylic acid groups (broad SMARTS) is 1. The summed E-state index contributed by atoms with van der Waals surface area (Å²) in [5.74, 6) is 1.61. The number of likely N-dealkylation sites (tertiary alicyclic amines) is 1. The Hall–Kier alpha value is -2.18. The zero-order valence-electron chi connectivity index (χ0n) is 20.2. The molecule has 3 atom stereocenters. The molecule has 2 aliphatic carbocycles. The van der Waals surface area contributed by atoms with E-state index >= 15 is 0 Å². The van der Waals surface area contributed by atoms with Crippen LogP contribution in [0.5, 0.6) is 5.75 Å². The van der Waals surface area contributed by atoms with Gasteiger partial charge in [-0.05, 0) is 86.2 Å². The third-order valence-electron chi connectivity index (χ3n) is 8.99. The normalized spacial score (nSPS) is 29.1. The Morgan fingerprint density at radius 2 is 1.97 bits per heavy atom. The van der Waals surface area contributed by atoms with E-state index in [9.17, 15) is 15.0 Å². The summed E-state index contributed by atoms with van der Waals surface area (Å²) in [6, 6.07) is 8.13. The van der Waals surface area contributed by atoms with Gasteiger partial charge in [-0.1, -0.05) is 25.7 Å². The molecule has 6 nitrogen and oxygen atoms in total. The number of pyridine rings is 1. The van der Waals surface area contributed by atoms with Gasteiger partial charge in [-0.25, -0.2) is 0 Å². The largest absolute Gasteiger partial charge is 0.497 e. The number of fused-ring (bicyclic) bond motifs is 1. The van der Waals surface area contributed by atoms with Crippen LogP contribution in [0.25, 0.3) is 10.9 Å². The van der Waals surface area contributed by atoms with Gasteiger partial charge in [0.05, 0.1) is 24.6 Å². The molecule has 5 rings (SSSR count). The van der Waals surface area contributed by atoms with Crippen molar-refractivity contribution in [1.82, 2.24) is 9.88 Å². The van der Waals surface area contributed by atoms with Crippen LogP contribution in [-0.2, 0) is 4.79 Å². The summed E-state index contributed by atoms with van der Waals surface area (Å²) in [4.78, 5) is 19.0. The number of aromatic nitrogens is 1. The Bertz CT molecular complexity index is 999. The number of benzene rings is 1. The van der Waals surface area contributed by atoms with Crippen LogP contribution in [-0.4, -0.2) is 52.3 Å². The first-order chi connectivity index (χ1) is 16.5. The average molecular weight is 467 g/mol. The van der Waals surface area contributed by atoms with Crippen LogP contribution in [0.3, 0.4) is 0 Å². The number of methoxy groups -OCH3 is 1. The van der Waals surface area contributed by atoms with Gasteiger partial charge in [0.2, 0.25) is 0 Å². The van der Waals surface area contributed by atoms with E-state index in [1.54, 1.807) is 13.3 Å². The lowest BCUT2D eigenvalue weighted by Crippen LogP contribution is -2.53. The number of nitrogens with zero attached hydrogens (tertiary/aromatic N) is 2. The Morgan fingerprint density at radius 1 is 1.18 bits per heavy atom. The van der Waals surface area contributed by atoms with Crippen LogP contribution in [0.4, 0.5) is 0 Å². The number of carbonyl (C=O) groups is 1. The highest BCUT2D eigenvalue weighted by Crippen LogP contribution is 2.45. The van der Waals surface area contributed by atoms with E-state index in [2.05, 4.69) is 9.88 Å².